The van der Waals surface area contributed by atoms with Crippen molar-refractivity contribution >= 4 is 5.91 Å². The maximum Gasteiger partial charge on any atom is 0.387 e. The molecule has 0 atom stereocenters. The van der Waals surface area contributed by atoms with E-state index in [2.05, 4.69) is 14.9 Å². The minimum atomic E-state index is -2.84. The minimum Gasteiger partial charge on any atom is -0.435 e. The Labute approximate surface area is 160 Å². The molecule has 1 amide bonds. The van der Waals surface area contributed by atoms with E-state index in [1.807, 2.05) is 0 Å². The Balaban J connectivity index is 1.64. The molecule has 146 valence electrons. The highest BCUT2D eigenvalue weighted by Gasteiger charge is 2.13. The van der Waals surface area contributed by atoms with Crippen molar-refractivity contribution in [2.45, 2.75) is 19.5 Å². The molecule has 0 saturated heterocycles. The number of halogens is 2. The normalized spacial score (nSPS) is 10.9. The van der Waals surface area contributed by atoms with Gasteiger partial charge in [0.05, 0.1) is 0 Å². The quantitative estimate of drug-likeness (QED) is 0.616. The third-order valence-corrected chi connectivity index (χ3v) is 4.02. The summed E-state index contributed by atoms with van der Waals surface area (Å²) in [5, 5.41) is 3.97. The van der Waals surface area contributed by atoms with E-state index < -0.39 is 6.61 Å². The van der Waals surface area contributed by atoms with E-state index in [0.29, 0.717) is 35.7 Å². The van der Waals surface area contributed by atoms with E-state index >= 15 is 0 Å². The zero-order chi connectivity index (χ0) is 20.1. The lowest BCUT2D eigenvalue weighted by Crippen LogP contribution is -2.21. The van der Waals surface area contributed by atoms with Crippen molar-refractivity contribution in [1.82, 2.24) is 15.0 Å². The van der Waals surface area contributed by atoms with E-state index in [-0.39, 0.29) is 11.7 Å². The smallest absolute Gasteiger partial charge is 0.387 e. The second-order valence-corrected chi connectivity index (χ2v) is 6.32. The van der Waals surface area contributed by atoms with E-state index in [0.717, 1.165) is 5.56 Å². The maximum atomic E-state index is 12.2. The van der Waals surface area contributed by atoms with Crippen molar-refractivity contribution in [3.63, 3.8) is 0 Å². The van der Waals surface area contributed by atoms with E-state index in [1.165, 1.54) is 17.0 Å². The molecule has 0 aliphatic carbocycles. The third-order valence-electron chi connectivity index (χ3n) is 4.02. The van der Waals surface area contributed by atoms with E-state index in [1.54, 1.807) is 50.5 Å². The van der Waals surface area contributed by atoms with Crippen molar-refractivity contribution in [2.24, 2.45) is 0 Å². The number of carbonyl (C=O) groups is 1. The Morgan fingerprint density at radius 3 is 2.57 bits per heavy atom. The van der Waals surface area contributed by atoms with Crippen molar-refractivity contribution in [3.05, 3.63) is 65.5 Å². The molecule has 0 aliphatic rings. The van der Waals surface area contributed by atoms with Gasteiger partial charge in [0.2, 0.25) is 0 Å². The fourth-order valence-electron chi connectivity index (χ4n) is 2.61. The maximum absolute atomic E-state index is 12.2. The molecule has 0 fully saturated rings. The summed E-state index contributed by atoms with van der Waals surface area (Å²) < 4.78 is 34.0. The molecule has 8 heteroatoms. The van der Waals surface area contributed by atoms with Gasteiger partial charge in [0, 0.05) is 31.6 Å². The SMILES string of the molecule is CN(C)C(=O)c1cccc(-c2nc(CCc3ccc(OC(F)F)cc3)no2)c1. The van der Waals surface area contributed by atoms with Crippen LogP contribution in [0.2, 0.25) is 0 Å². The molecule has 3 aromatic rings. The molecule has 0 saturated carbocycles. The number of alkyl halides is 2. The molecule has 0 unspecified atom stereocenters. The van der Waals surface area contributed by atoms with Crippen molar-refractivity contribution < 1.29 is 22.8 Å². The predicted octanol–water partition coefficient (Wildman–Crippen LogP) is 3.83. The summed E-state index contributed by atoms with van der Waals surface area (Å²) >= 11 is 0. The molecule has 0 N–H and O–H groups in total. The Hall–Kier alpha value is -3.29. The van der Waals surface area contributed by atoms with Crippen molar-refractivity contribution in [1.29, 1.82) is 0 Å². The van der Waals surface area contributed by atoms with Crippen LogP contribution in [0.15, 0.2) is 53.1 Å². The molecule has 0 radical (unpaired) electrons. The van der Waals surface area contributed by atoms with Crippen molar-refractivity contribution in [3.8, 4) is 17.2 Å². The average molecular weight is 387 g/mol. The minimum absolute atomic E-state index is 0.110. The lowest BCUT2D eigenvalue weighted by atomic mass is 10.1. The van der Waals surface area contributed by atoms with Gasteiger partial charge in [-0.25, -0.2) is 0 Å². The van der Waals surface area contributed by atoms with Gasteiger partial charge >= 0.3 is 6.61 Å². The van der Waals surface area contributed by atoms with Gasteiger partial charge in [-0.1, -0.05) is 23.4 Å². The van der Waals surface area contributed by atoms with Gasteiger partial charge in [-0.3, -0.25) is 4.79 Å². The van der Waals surface area contributed by atoms with Crippen LogP contribution in [0.3, 0.4) is 0 Å². The van der Waals surface area contributed by atoms with E-state index in [9.17, 15) is 13.6 Å². The number of aryl methyl sites for hydroxylation is 2. The molecule has 1 aromatic heterocycles. The zero-order valence-electron chi connectivity index (χ0n) is 15.4. The molecule has 0 aliphatic heterocycles. The summed E-state index contributed by atoms with van der Waals surface area (Å²) in [5.41, 5.74) is 2.14. The summed E-state index contributed by atoms with van der Waals surface area (Å²) in [4.78, 5) is 18.0. The standard InChI is InChI=1S/C20H19F2N3O3/c1-25(2)19(26)15-5-3-4-14(12-15)18-23-17(24-28-18)11-8-13-6-9-16(10-7-13)27-20(21)22/h3-7,9-10,12,20H,8,11H2,1-2H3. The molecular weight excluding hydrogens is 368 g/mol. The first-order valence-corrected chi connectivity index (χ1v) is 8.61. The molecule has 0 bridgehead atoms. The van der Waals surface area contributed by atoms with Gasteiger partial charge in [0.25, 0.3) is 11.8 Å². The summed E-state index contributed by atoms with van der Waals surface area (Å²) in [6, 6.07) is 13.4. The molecule has 2 aromatic carbocycles. The topological polar surface area (TPSA) is 68.5 Å². The largest absolute Gasteiger partial charge is 0.435 e. The Morgan fingerprint density at radius 2 is 1.89 bits per heavy atom. The van der Waals surface area contributed by atoms with Gasteiger partial charge in [-0.2, -0.15) is 13.8 Å². The van der Waals surface area contributed by atoms with Crippen LogP contribution >= 0.6 is 0 Å². The first-order chi connectivity index (χ1) is 13.4. The monoisotopic (exact) mass is 387 g/mol. The highest BCUT2D eigenvalue weighted by atomic mass is 19.3. The number of carbonyl (C=O) groups excluding carboxylic acids is 1. The van der Waals surface area contributed by atoms with Crippen molar-refractivity contribution in [2.75, 3.05) is 14.1 Å². The second-order valence-electron chi connectivity index (χ2n) is 6.32. The fraction of sp³-hybridized carbons (Fsp3) is 0.250. The Bertz CT molecular complexity index is 940. The zero-order valence-corrected chi connectivity index (χ0v) is 15.4. The van der Waals surface area contributed by atoms with Gasteiger partial charge in [-0.05, 0) is 42.3 Å². The van der Waals surface area contributed by atoms with Gasteiger partial charge in [0.15, 0.2) is 5.82 Å². The number of aromatic nitrogens is 2. The summed E-state index contributed by atoms with van der Waals surface area (Å²) in [6.07, 6.45) is 1.14. The number of amides is 1. The summed E-state index contributed by atoms with van der Waals surface area (Å²) in [6.45, 7) is -2.84. The number of hydrogen-bond donors (Lipinski definition) is 0. The highest BCUT2D eigenvalue weighted by molar-refractivity contribution is 5.94. The first kappa shape index (κ1) is 19.5. The van der Waals surface area contributed by atoms with E-state index in [4.69, 9.17) is 4.52 Å². The molecular formula is C20H19F2N3O3. The Morgan fingerprint density at radius 1 is 1.14 bits per heavy atom. The summed E-state index contributed by atoms with van der Waals surface area (Å²) in [7, 11) is 3.37. The summed E-state index contributed by atoms with van der Waals surface area (Å²) in [5.74, 6) is 0.866. The van der Waals surface area contributed by atoms with Crippen LogP contribution in [0.1, 0.15) is 21.7 Å². The first-order valence-electron chi connectivity index (χ1n) is 8.61. The Kier molecular flexibility index (Phi) is 5.98. The van der Waals surface area contributed by atoms with Gasteiger partial charge in [0.1, 0.15) is 5.75 Å². The van der Waals surface area contributed by atoms with Crippen LogP contribution in [0.4, 0.5) is 8.78 Å². The van der Waals surface area contributed by atoms with Gasteiger partial charge in [-0.15, -0.1) is 0 Å². The van der Waals surface area contributed by atoms with Crippen LogP contribution < -0.4 is 4.74 Å². The number of rotatable bonds is 7. The van der Waals surface area contributed by atoms with Crippen LogP contribution in [-0.2, 0) is 12.8 Å². The lowest BCUT2D eigenvalue weighted by molar-refractivity contribution is -0.0498. The molecule has 3 rings (SSSR count). The molecule has 6 nitrogen and oxygen atoms in total. The molecule has 0 spiro atoms. The van der Waals surface area contributed by atoms with Crippen LogP contribution in [0.25, 0.3) is 11.5 Å². The second kappa shape index (κ2) is 8.60. The molecule has 1 heterocycles. The lowest BCUT2D eigenvalue weighted by Gasteiger charge is -2.10. The number of ether oxygens (including phenoxy) is 1. The predicted molar refractivity (Wildman–Crippen MR) is 98.2 cm³/mol. The average Bonchev–Trinajstić information content (AvgIpc) is 3.15. The van der Waals surface area contributed by atoms with Crippen LogP contribution in [-0.4, -0.2) is 41.7 Å². The van der Waals surface area contributed by atoms with Crippen LogP contribution in [0.5, 0.6) is 5.75 Å². The van der Waals surface area contributed by atoms with Gasteiger partial charge < -0.3 is 14.2 Å². The number of benzene rings is 2. The van der Waals surface area contributed by atoms with Crippen LogP contribution in [0, 0.1) is 0 Å². The third kappa shape index (κ3) is 4.91. The molecule has 28 heavy (non-hydrogen) atoms. The number of nitrogens with zero attached hydrogens (tertiary/aromatic N) is 3. The fourth-order valence-corrected chi connectivity index (χ4v) is 2.61. The highest BCUT2D eigenvalue weighted by Crippen LogP contribution is 2.20. The number of hydrogen-bond acceptors (Lipinski definition) is 5.